The number of hydrogen-bond acceptors (Lipinski definition) is 5. The third kappa shape index (κ3) is 3.84. The van der Waals surface area contributed by atoms with Crippen LogP contribution in [0.1, 0.15) is 42.2 Å². The van der Waals surface area contributed by atoms with Gasteiger partial charge < -0.3 is 5.32 Å². The molecule has 0 saturated heterocycles. The monoisotopic (exact) mass is 414 g/mol. The molecule has 0 spiro atoms. The SMILES string of the molecule is O=C(NC1CCC(n2nc(-c3cccnc3)ccc2=O)CC1)c1n[nH]c2ccccc12. The van der Waals surface area contributed by atoms with Crippen LogP contribution in [-0.2, 0) is 0 Å². The van der Waals surface area contributed by atoms with Crippen LogP contribution in [0.4, 0.5) is 0 Å². The fraction of sp³-hybridized carbons (Fsp3) is 0.261. The van der Waals surface area contributed by atoms with Crippen LogP contribution in [0.5, 0.6) is 0 Å². The molecule has 1 saturated carbocycles. The molecule has 31 heavy (non-hydrogen) atoms. The van der Waals surface area contributed by atoms with Crippen LogP contribution in [0.25, 0.3) is 22.2 Å². The van der Waals surface area contributed by atoms with Crippen LogP contribution in [0, 0.1) is 0 Å². The molecule has 8 nitrogen and oxygen atoms in total. The zero-order chi connectivity index (χ0) is 21.2. The van der Waals surface area contributed by atoms with Crippen LogP contribution in [0.15, 0.2) is 65.7 Å². The Balaban J connectivity index is 1.26. The van der Waals surface area contributed by atoms with E-state index in [1.165, 1.54) is 0 Å². The van der Waals surface area contributed by atoms with E-state index in [0.717, 1.165) is 47.8 Å². The Morgan fingerprint density at radius 2 is 1.87 bits per heavy atom. The van der Waals surface area contributed by atoms with Crippen molar-refractivity contribution in [2.24, 2.45) is 0 Å². The number of aromatic amines is 1. The second kappa shape index (κ2) is 8.14. The number of H-pyrrole nitrogens is 1. The predicted molar refractivity (Wildman–Crippen MR) is 117 cm³/mol. The van der Waals surface area contributed by atoms with Crippen LogP contribution in [0.2, 0.25) is 0 Å². The highest BCUT2D eigenvalue weighted by atomic mass is 16.2. The molecule has 1 aliphatic carbocycles. The van der Waals surface area contributed by atoms with Crippen molar-refractivity contribution < 1.29 is 4.79 Å². The number of nitrogens with zero attached hydrogens (tertiary/aromatic N) is 4. The van der Waals surface area contributed by atoms with Crippen LogP contribution in [-0.4, -0.2) is 36.9 Å². The largest absolute Gasteiger partial charge is 0.348 e. The number of hydrogen-bond donors (Lipinski definition) is 2. The first-order chi connectivity index (χ1) is 15.2. The van der Waals surface area contributed by atoms with E-state index in [1.807, 2.05) is 36.4 Å². The Bertz CT molecular complexity index is 1270. The van der Waals surface area contributed by atoms with Crippen molar-refractivity contribution in [2.75, 3.05) is 0 Å². The van der Waals surface area contributed by atoms with E-state index in [-0.39, 0.29) is 23.6 Å². The molecule has 5 rings (SSSR count). The second-order valence-corrected chi connectivity index (χ2v) is 7.84. The first-order valence-electron chi connectivity index (χ1n) is 10.4. The van der Waals surface area contributed by atoms with Crippen molar-refractivity contribution in [1.82, 2.24) is 30.3 Å². The molecular weight excluding hydrogens is 392 g/mol. The molecule has 3 aromatic heterocycles. The summed E-state index contributed by atoms with van der Waals surface area (Å²) in [4.78, 5) is 29.3. The minimum Gasteiger partial charge on any atom is -0.348 e. The molecule has 156 valence electrons. The summed E-state index contributed by atoms with van der Waals surface area (Å²) in [5.41, 5.74) is 2.76. The van der Waals surface area contributed by atoms with Crippen LogP contribution < -0.4 is 10.9 Å². The van der Waals surface area contributed by atoms with E-state index in [9.17, 15) is 9.59 Å². The molecule has 1 fully saturated rings. The van der Waals surface area contributed by atoms with Gasteiger partial charge in [0.2, 0.25) is 0 Å². The number of para-hydroxylation sites is 1. The minimum atomic E-state index is -0.172. The van der Waals surface area contributed by atoms with Crippen molar-refractivity contribution in [3.05, 3.63) is 77.0 Å². The molecule has 8 heteroatoms. The van der Waals surface area contributed by atoms with Crippen LogP contribution >= 0.6 is 0 Å². The highest BCUT2D eigenvalue weighted by Crippen LogP contribution is 2.28. The van der Waals surface area contributed by atoms with E-state index >= 15 is 0 Å². The number of pyridine rings is 1. The zero-order valence-electron chi connectivity index (χ0n) is 16.9. The topological polar surface area (TPSA) is 106 Å². The van der Waals surface area contributed by atoms with Gasteiger partial charge in [0, 0.05) is 35.5 Å². The van der Waals surface area contributed by atoms with E-state index < -0.39 is 0 Å². The lowest BCUT2D eigenvalue weighted by Crippen LogP contribution is -2.39. The van der Waals surface area contributed by atoms with Crippen molar-refractivity contribution in [2.45, 2.75) is 37.8 Å². The van der Waals surface area contributed by atoms with Crippen molar-refractivity contribution in [3.8, 4) is 11.3 Å². The van der Waals surface area contributed by atoms with Crippen LogP contribution in [0.3, 0.4) is 0 Å². The highest BCUT2D eigenvalue weighted by Gasteiger charge is 2.26. The fourth-order valence-electron chi connectivity index (χ4n) is 4.21. The molecule has 0 radical (unpaired) electrons. The third-order valence-electron chi connectivity index (χ3n) is 5.85. The molecule has 0 atom stereocenters. The maximum Gasteiger partial charge on any atom is 0.272 e. The number of benzene rings is 1. The number of fused-ring (bicyclic) bond motifs is 1. The maximum atomic E-state index is 12.7. The molecule has 1 aliphatic rings. The summed E-state index contributed by atoms with van der Waals surface area (Å²) in [7, 11) is 0. The standard InChI is InChI=1S/C23H22N6O2/c30-21-12-11-19(15-4-3-13-24-14-15)28-29(21)17-9-7-16(8-10-17)25-23(31)22-18-5-1-2-6-20(18)26-27-22/h1-6,11-14,16-17H,7-10H2,(H,25,31)(H,26,27). The van der Waals surface area contributed by atoms with Gasteiger partial charge in [-0.2, -0.15) is 10.2 Å². The number of rotatable bonds is 4. The quantitative estimate of drug-likeness (QED) is 0.534. The fourth-order valence-corrected chi connectivity index (χ4v) is 4.21. The smallest absolute Gasteiger partial charge is 0.272 e. The van der Waals surface area contributed by atoms with Gasteiger partial charge in [-0.3, -0.25) is 19.7 Å². The highest BCUT2D eigenvalue weighted by molar-refractivity contribution is 6.04. The van der Waals surface area contributed by atoms with Crippen molar-refractivity contribution in [3.63, 3.8) is 0 Å². The normalized spacial score (nSPS) is 18.7. The number of aromatic nitrogens is 5. The van der Waals surface area contributed by atoms with E-state index in [2.05, 4.69) is 25.6 Å². The summed E-state index contributed by atoms with van der Waals surface area (Å²) >= 11 is 0. The van der Waals surface area contributed by atoms with E-state index in [4.69, 9.17) is 0 Å². The van der Waals surface area contributed by atoms with Gasteiger partial charge in [0.25, 0.3) is 11.5 Å². The summed E-state index contributed by atoms with van der Waals surface area (Å²) in [6, 6.07) is 14.7. The molecule has 1 aromatic carbocycles. The Morgan fingerprint density at radius 1 is 1.03 bits per heavy atom. The Hall–Kier alpha value is -3.81. The molecule has 0 aliphatic heterocycles. The van der Waals surface area contributed by atoms with Gasteiger partial charge in [0.15, 0.2) is 5.69 Å². The maximum absolute atomic E-state index is 12.7. The van der Waals surface area contributed by atoms with Crippen molar-refractivity contribution >= 4 is 16.8 Å². The average molecular weight is 414 g/mol. The lowest BCUT2D eigenvalue weighted by atomic mass is 9.91. The van der Waals surface area contributed by atoms with Gasteiger partial charge in [-0.15, -0.1) is 0 Å². The zero-order valence-corrected chi connectivity index (χ0v) is 16.9. The molecular formula is C23H22N6O2. The minimum absolute atomic E-state index is 0.0171. The number of carbonyl (C=O) groups excluding carboxylic acids is 1. The van der Waals surface area contributed by atoms with Gasteiger partial charge in [-0.05, 0) is 49.9 Å². The summed E-state index contributed by atoms with van der Waals surface area (Å²) < 4.78 is 1.58. The molecule has 4 aromatic rings. The van der Waals surface area contributed by atoms with Gasteiger partial charge in [-0.1, -0.05) is 18.2 Å². The number of carbonyl (C=O) groups is 1. The summed E-state index contributed by atoms with van der Waals surface area (Å²) in [5, 5.41) is 15.6. The van der Waals surface area contributed by atoms with Gasteiger partial charge in [-0.25, -0.2) is 4.68 Å². The molecule has 1 amide bonds. The predicted octanol–water partition coefficient (Wildman–Crippen LogP) is 3.10. The molecule has 3 heterocycles. The molecule has 2 N–H and O–H groups in total. The summed E-state index contributed by atoms with van der Waals surface area (Å²) in [5.74, 6) is -0.172. The number of amides is 1. The van der Waals surface area contributed by atoms with Gasteiger partial charge in [0.1, 0.15) is 0 Å². The third-order valence-corrected chi connectivity index (χ3v) is 5.85. The Kier molecular flexibility index (Phi) is 5.03. The summed E-state index contributed by atoms with van der Waals surface area (Å²) in [6.45, 7) is 0. The lowest BCUT2D eigenvalue weighted by Gasteiger charge is -2.29. The molecule has 0 bridgehead atoms. The van der Waals surface area contributed by atoms with E-state index in [0.29, 0.717) is 5.69 Å². The average Bonchev–Trinajstić information content (AvgIpc) is 3.25. The Labute approximate surface area is 178 Å². The summed E-state index contributed by atoms with van der Waals surface area (Å²) in [6.07, 6.45) is 6.56. The Morgan fingerprint density at radius 3 is 2.68 bits per heavy atom. The first kappa shape index (κ1) is 19.2. The van der Waals surface area contributed by atoms with E-state index in [1.54, 1.807) is 29.2 Å². The first-order valence-corrected chi connectivity index (χ1v) is 10.4. The number of nitrogens with one attached hydrogen (secondary N) is 2. The van der Waals surface area contributed by atoms with Crippen molar-refractivity contribution in [1.29, 1.82) is 0 Å². The molecule has 0 unspecified atom stereocenters. The second-order valence-electron chi connectivity index (χ2n) is 7.84. The van der Waals surface area contributed by atoms with Gasteiger partial charge in [0.05, 0.1) is 17.3 Å². The lowest BCUT2D eigenvalue weighted by molar-refractivity contribution is 0.0918. The van der Waals surface area contributed by atoms with Gasteiger partial charge >= 0.3 is 0 Å².